The lowest BCUT2D eigenvalue weighted by atomic mass is 9.90. The minimum absolute atomic E-state index is 0.0268. The molecule has 0 aliphatic heterocycles. The molecule has 1 aromatic rings. The summed E-state index contributed by atoms with van der Waals surface area (Å²) in [6, 6.07) is 4.11. The highest BCUT2D eigenvalue weighted by Crippen LogP contribution is 2.30. The van der Waals surface area contributed by atoms with Crippen molar-refractivity contribution in [2.45, 2.75) is 39.3 Å². The number of hydrogen-bond donors (Lipinski definition) is 3. The van der Waals surface area contributed by atoms with E-state index in [0.717, 1.165) is 0 Å². The molecule has 5 heteroatoms. The average Bonchev–Trinajstić information content (AvgIpc) is 2.26. The Morgan fingerprint density at radius 2 is 1.84 bits per heavy atom. The van der Waals surface area contributed by atoms with Crippen molar-refractivity contribution in [2.75, 3.05) is 6.61 Å². The molecule has 5 nitrogen and oxygen atoms in total. The van der Waals surface area contributed by atoms with Crippen molar-refractivity contribution in [3.05, 3.63) is 23.8 Å². The van der Waals surface area contributed by atoms with E-state index in [1.54, 1.807) is 13.8 Å². The minimum Gasteiger partial charge on any atom is -0.508 e. The van der Waals surface area contributed by atoms with Gasteiger partial charge in [-0.2, -0.15) is 0 Å². The monoisotopic (exact) mass is 267 g/mol. The Balaban J connectivity index is 3.25. The van der Waals surface area contributed by atoms with Crippen molar-refractivity contribution in [3.63, 3.8) is 0 Å². The Kier molecular flexibility index (Phi) is 4.78. The highest BCUT2D eigenvalue weighted by atomic mass is 16.5. The molecule has 0 saturated carbocycles. The molecule has 0 bridgehead atoms. The quantitative estimate of drug-likeness (QED) is 0.710. The Morgan fingerprint density at radius 1 is 1.32 bits per heavy atom. The first-order chi connectivity index (χ1) is 8.79. The molecule has 0 aliphatic carbocycles. The van der Waals surface area contributed by atoms with Gasteiger partial charge in [-0.05, 0) is 45.4 Å². The number of rotatable bonds is 5. The molecular formula is C14H21NO4. The van der Waals surface area contributed by atoms with E-state index in [1.165, 1.54) is 18.2 Å². The third-order valence-electron chi connectivity index (χ3n) is 2.74. The number of hydrogen-bond acceptors (Lipinski definition) is 5. The van der Waals surface area contributed by atoms with Crippen molar-refractivity contribution in [2.24, 2.45) is 0 Å². The number of ether oxygens (including phenoxy) is 1. The zero-order valence-corrected chi connectivity index (χ0v) is 11.7. The van der Waals surface area contributed by atoms with Gasteiger partial charge in [-0.1, -0.05) is 0 Å². The van der Waals surface area contributed by atoms with Crippen LogP contribution in [0.3, 0.4) is 0 Å². The van der Waals surface area contributed by atoms with Gasteiger partial charge in [0.1, 0.15) is 17.0 Å². The summed E-state index contributed by atoms with van der Waals surface area (Å²) in [6.45, 7) is 7.46. The van der Waals surface area contributed by atoms with Crippen molar-refractivity contribution in [1.29, 1.82) is 0 Å². The predicted molar refractivity (Wildman–Crippen MR) is 72.0 cm³/mol. The van der Waals surface area contributed by atoms with Gasteiger partial charge in [0.15, 0.2) is 0 Å². The van der Waals surface area contributed by atoms with Crippen LogP contribution in [-0.4, -0.2) is 28.8 Å². The molecule has 0 fully saturated rings. The first-order valence-electron chi connectivity index (χ1n) is 6.28. The molecule has 0 amide bonds. The summed E-state index contributed by atoms with van der Waals surface area (Å²) in [5.74, 6) is -0.652. The summed E-state index contributed by atoms with van der Waals surface area (Å²) < 4.78 is 5.08. The van der Waals surface area contributed by atoms with Crippen LogP contribution in [0.1, 0.15) is 33.3 Å². The Hall–Kier alpha value is -1.75. The standard InChI is InChI=1S/C14H21NO4/c1-5-19-13(18)14(4,15-9(2)3)10-6-11(16)8-12(17)7-10/h6-9,15-17H,5H2,1-4H3. The van der Waals surface area contributed by atoms with Crippen LogP contribution in [0.2, 0.25) is 0 Å². The van der Waals surface area contributed by atoms with Gasteiger partial charge in [0, 0.05) is 12.1 Å². The Morgan fingerprint density at radius 3 is 2.26 bits per heavy atom. The van der Waals surface area contributed by atoms with Gasteiger partial charge in [-0.25, -0.2) is 4.79 Å². The van der Waals surface area contributed by atoms with Gasteiger partial charge in [-0.15, -0.1) is 0 Å². The van der Waals surface area contributed by atoms with Gasteiger partial charge >= 0.3 is 5.97 Å². The molecule has 0 heterocycles. The van der Waals surface area contributed by atoms with Crippen LogP contribution in [0.15, 0.2) is 18.2 Å². The van der Waals surface area contributed by atoms with E-state index in [4.69, 9.17) is 4.74 Å². The van der Waals surface area contributed by atoms with Crippen LogP contribution in [0.5, 0.6) is 11.5 Å². The molecule has 0 radical (unpaired) electrons. The van der Waals surface area contributed by atoms with Crippen LogP contribution in [0.4, 0.5) is 0 Å². The van der Waals surface area contributed by atoms with Crippen LogP contribution >= 0.6 is 0 Å². The largest absolute Gasteiger partial charge is 0.508 e. The number of nitrogens with one attached hydrogen (secondary N) is 1. The van der Waals surface area contributed by atoms with E-state index in [9.17, 15) is 15.0 Å². The molecule has 1 rings (SSSR count). The average molecular weight is 267 g/mol. The fraction of sp³-hybridized carbons (Fsp3) is 0.500. The SMILES string of the molecule is CCOC(=O)C(C)(NC(C)C)c1cc(O)cc(O)c1. The number of phenols is 2. The van der Waals surface area contributed by atoms with Crippen molar-refractivity contribution < 1.29 is 19.7 Å². The molecule has 0 spiro atoms. The molecule has 1 unspecified atom stereocenters. The number of esters is 1. The molecule has 19 heavy (non-hydrogen) atoms. The van der Waals surface area contributed by atoms with Gasteiger partial charge < -0.3 is 14.9 Å². The molecule has 1 atom stereocenters. The molecule has 0 saturated heterocycles. The summed E-state index contributed by atoms with van der Waals surface area (Å²) in [6.07, 6.45) is 0. The van der Waals surface area contributed by atoms with Gasteiger partial charge in [0.25, 0.3) is 0 Å². The van der Waals surface area contributed by atoms with Gasteiger partial charge in [-0.3, -0.25) is 5.32 Å². The first kappa shape index (κ1) is 15.3. The topological polar surface area (TPSA) is 78.8 Å². The second-order valence-corrected chi connectivity index (χ2v) is 4.88. The van der Waals surface area contributed by atoms with Crippen LogP contribution in [0.25, 0.3) is 0 Å². The number of carbonyl (C=O) groups is 1. The lowest BCUT2D eigenvalue weighted by Gasteiger charge is -2.31. The van der Waals surface area contributed by atoms with E-state index in [2.05, 4.69) is 5.32 Å². The highest BCUT2D eigenvalue weighted by molar-refractivity contribution is 5.82. The summed E-state index contributed by atoms with van der Waals surface area (Å²) >= 11 is 0. The zero-order valence-electron chi connectivity index (χ0n) is 11.7. The van der Waals surface area contributed by atoms with Gasteiger partial charge in [0.05, 0.1) is 6.61 Å². The summed E-state index contributed by atoms with van der Waals surface area (Å²) in [7, 11) is 0. The zero-order chi connectivity index (χ0) is 14.6. The van der Waals surface area contributed by atoms with Crippen molar-refractivity contribution >= 4 is 5.97 Å². The summed E-state index contributed by atoms with van der Waals surface area (Å²) in [4.78, 5) is 12.2. The van der Waals surface area contributed by atoms with Crippen molar-refractivity contribution in [1.82, 2.24) is 5.32 Å². The fourth-order valence-electron chi connectivity index (χ4n) is 2.00. The fourth-order valence-corrected chi connectivity index (χ4v) is 2.00. The molecule has 3 N–H and O–H groups in total. The lowest BCUT2D eigenvalue weighted by Crippen LogP contribution is -2.50. The Labute approximate surface area is 113 Å². The van der Waals surface area contributed by atoms with E-state index in [1.807, 2.05) is 13.8 Å². The number of carbonyl (C=O) groups excluding carboxylic acids is 1. The smallest absolute Gasteiger partial charge is 0.330 e. The maximum Gasteiger partial charge on any atom is 0.330 e. The molecule has 0 aromatic heterocycles. The predicted octanol–water partition coefficient (Wildman–Crippen LogP) is 1.87. The number of aromatic hydroxyl groups is 2. The van der Waals surface area contributed by atoms with Crippen LogP contribution in [0, 0.1) is 0 Å². The number of benzene rings is 1. The van der Waals surface area contributed by atoms with Crippen molar-refractivity contribution in [3.8, 4) is 11.5 Å². The molecule has 0 aliphatic rings. The van der Waals surface area contributed by atoms with E-state index in [-0.39, 0.29) is 24.1 Å². The summed E-state index contributed by atoms with van der Waals surface area (Å²) in [5.41, 5.74) is -0.669. The first-order valence-corrected chi connectivity index (χ1v) is 6.28. The van der Waals surface area contributed by atoms with Crippen LogP contribution in [-0.2, 0) is 15.1 Å². The second kappa shape index (κ2) is 5.93. The highest BCUT2D eigenvalue weighted by Gasteiger charge is 2.37. The third kappa shape index (κ3) is 3.61. The Bertz CT molecular complexity index is 439. The normalized spacial score (nSPS) is 14.2. The van der Waals surface area contributed by atoms with E-state index >= 15 is 0 Å². The minimum atomic E-state index is -1.12. The third-order valence-corrected chi connectivity index (χ3v) is 2.74. The van der Waals surface area contributed by atoms with E-state index < -0.39 is 11.5 Å². The molecule has 106 valence electrons. The number of phenolic OH excluding ortho intramolecular Hbond substituents is 2. The molecule has 1 aromatic carbocycles. The second-order valence-electron chi connectivity index (χ2n) is 4.88. The molecular weight excluding hydrogens is 246 g/mol. The maximum atomic E-state index is 12.2. The van der Waals surface area contributed by atoms with E-state index in [0.29, 0.717) is 5.56 Å². The summed E-state index contributed by atoms with van der Waals surface area (Å²) in [5, 5.41) is 22.2. The van der Waals surface area contributed by atoms with Gasteiger partial charge in [0.2, 0.25) is 0 Å². The lowest BCUT2D eigenvalue weighted by molar-refractivity contribution is -0.151. The maximum absolute atomic E-state index is 12.2. The van der Waals surface area contributed by atoms with Crippen LogP contribution < -0.4 is 5.32 Å².